The molecule has 18 heavy (non-hydrogen) atoms. The van der Waals surface area contributed by atoms with E-state index in [0.717, 1.165) is 12.1 Å². The number of nitrogens with zero attached hydrogens (tertiary/aromatic N) is 1. The highest BCUT2D eigenvalue weighted by Gasteiger charge is 2.11. The van der Waals surface area contributed by atoms with Gasteiger partial charge in [-0.05, 0) is 29.8 Å². The van der Waals surface area contributed by atoms with Crippen LogP contribution in [0, 0.1) is 11.6 Å². The van der Waals surface area contributed by atoms with Gasteiger partial charge in [0.15, 0.2) is 11.6 Å². The minimum absolute atomic E-state index is 0.159. The van der Waals surface area contributed by atoms with Crippen LogP contribution in [0.2, 0.25) is 5.02 Å². The van der Waals surface area contributed by atoms with E-state index >= 15 is 0 Å². The van der Waals surface area contributed by atoms with Crippen LogP contribution in [0.4, 0.5) is 8.78 Å². The highest BCUT2D eigenvalue weighted by Crippen LogP contribution is 2.19. The van der Waals surface area contributed by atoms with Crippen LogP contribution in [-0.2, 0) is 6.42 Å². The van der Waals surface area contributed by atoms with Gasteiger partial charge < -0.3 is 5.11 Å². The molecule has 0 aliphatic rings. The predicted octanol–water partition coefficient (Wildman–Crippen LogP) is 3.29. The maximum Gasteiger partial charge on any atom is 0.159 e. The van der Waals surface area contributed by atoms with Gasteiger partial charge in [-0.2, -0.15) is 0 Å². The molecule has 2 nitrogen and oxygen atoms in total. The lowest BCUT2D eigenvalue weighted by molar-refractivity contribution is 0.173. The summed E-state index contributed by atoms with van der Waals surface area (Å²) < 4.78 is 25.7. The van der Waals surface area contributed by atoms with Crippen molar-refractivity contribution in [1.29, 1.82) is 0 Å². The third-order valence-electron chi connectivity index (χ3n) is 2.50. The lowest BCUT2D eigenvalue weighted by Crippen LogP contribution is -2.04. The van der Waals surface area contributed by atoms with E-state index in [-0.39, 0.29) is 6.42 Å². The second-order valence-corrected chi connectivity index (χ2v) is 4.31. The Morgan fingerprint density at radius 1 is 1.17 bits per heavy atom. The first-order chi connectivity index (χ1) is 8.56. The third kappa shape index (κ3) is 3.03. The van der Waals surface area contributed by atoms with E-state index < -0.39 is 17.7 Å². The molecule has 0 fully saturated rings. The molecule has 0 saturated heterocycles. The summed E-state index contributed by atoms with van der Waals surface area (Å²) in [5, 5.41) is 10.4. The summed E-state index contributed by atoms with van der Waals surface area (Å²) in [7, 11) is 0. The summed E-state index contributed by atoms with van der Waals surface area (Å²) in [5.74, 6) is -1.83. The summed E-state index contributed by atoms with van der Waals surface area (Å²) in [6, 6.07) is 6.73. The number of benzene rings is 1. The van der Waals surface area contributed by atoms with Gasteiger partial charge in [0.05, 0.1) is 16.8 Å². The lowest BCUT2D eigenvalue weighted by atomic mass is 10.1. The van der Waals surface area contributed by atoms with Crippen molar-refractivity contribution in [3.63, 3.8) is 0 Å². The molecule has 1 N–H and O–H groups in total. The fourth-order valence-electron chi connectivity index (χ4n) is 1.58. The monoisotopic (exact) mass is 269 g/mol. The summed E-state index contributed by atoms with van der Waals surface area (Å²) in [4.78, 5) is 3.96. The highest BCUT2D eigenvalue weighted by atomic mass is 35.5. The molecule has 0 saturated carbocycles. The number of pyridine rings is 1. The number of aliphatic hydroxyl groups is 1. The number of rotatable bonds is 3. The molecule has 0 aliphatic heterocycles. The van der Waals surface area contributed by atoms with E-state index in [4.69, 9.17) is 11.6 Å². The van der Waals surface area contributed by atoms with Gasteiger partial charge >= 0.3 is 0 Å². The van der Waals surface area contributed by atoms with Crippen LogP contribution in [0.1, 0.15) is 17.4 Å². The Hall–Kier alpha value is -1.52. The summed E-state index contributed by atoms with van der Waals surface area (Å²) in [6.07, 6.45) is 0.698. The van der Waals surface area contributed by atoms with Crippen LogP contribution in [0.5, 0.6) is 0 Å². The van der Waals surface area contributed by atoms with Crippen LogP contribution < -0.4 is 0 Å². The van der Waals surface area contributed by atoms with Crippen LogP contribution in [0.25, 0.3) is 0 Å². The van der Waals surface area contributed by atoms with Gasteiger partial charge in [0, 0.05) is 12.6 Å². The van der Waals surface area contributed by atoms with Crippen molar-refractivity contribution in [2.45, 2.75) is 12.5 Å². The summed E-state index contributed by atoms with van der Waals surface area (Å²) in [6.45, 7) is 0. The second-order valence-electron chi connectivity index (χ2n) is 3.87. The first-order valence-corrected chi connectivity index (χ1v) is 5.67. The second kappa shape index (κ2) is 5.42. The van der Waals surface area contributed by atoms with E-state index in [9.17, 15) is 13.9 Å². The Kier molecular flexibility index (Phi) is 3.89. The zero-order valence-electron chi connectivity index (χ0n) is 9.28. The molecule has 2 rings (SSSR count). The van der Waals surface area contributed by atoms with Crippen molar-refractivity contribution in [1.82, 2.24) is 4.98 Å². The normalized spacial score (nSPS) is 12.4. The molecule has 1 atom stereocenters. The number of hydrogen-bond donors (Lipinski definition) is 1. The van der Waals surface area contributed by atoms with Gasteiger partial charge in [-0.25, -0.2) is 8.78 Å². The Morgan fingerprint density at radius 2 is 1.94 bits per heavy atom. The predicted molar refractivity (Wildman–Crippen MR) is 64.3 cm³/mol. The largest absolute Gasteiger partial charge is 0.386 e. The molecule has 1 aromatic carbocycles. The van der Waals surface area contributed by atoms with Crippen LogP contribution >= 0.6 is 11.6 Å². The first kappa shape index (κ1) is 12.9. The standard InChI is InChI=1S/C13H10ClF2NO/c14-9-2-4-12(17-7-9)13(18)6-8-1-3-10(15)11(16)5-8/h1-5,7,13,18H,6H2. The number of halogens is 3. The fourth-order valence-corrected chi connectivity index (χ4v) is 1.69. The SMILES string of the molecule is OC(Cc1ccc(F)c(F)c1)c1ccc(Cl)cn1. The zero-order chi connectivity index (χ0) is 13.1. The van der Waals surface area contributed by atoms with Crippen molar-refractivity contribution >= 4 is 11.6 Å². The Bertz CT molecular complexity index is 545. The van der Waals surface area contributed by atoms with Gasteiger partial charge in [0.1, 0.15) is 0 Å². The van der Waals surface area contributed by atoms with Crippen molar-refractivity contribution in [2.75, 3.05) is 0 Å². The fraction of sp³-hybridized carbons (Fsp3) is 0.154. The van der Waals surface area contributed by atoms with Crippen molar-refractivity contribution in [3.8, 4) is 0 Å². The number of aromatic nitrogens is 1. The quantitative estimate of drug-likeness (QED) is 0.927. The molecule has 0 amide bonds. The zero-order valence-corrected chi connectivity index (χ0v) is 10.0. The van der Waals surface area contributed by atoms with Crippen molar-refractivity contribution in [2.24, 2.45) is 0 Å². The average Bonchev–Trinajstić information content (AvgIpc) is 2.34. The van der Waals surface area contributed by atoms with E-state index in [2.05, 4.69) is 4.98 Å². The van der Waals surface area contributed by atoms with Gasteiger partial charge in [-0.1, -0.05) is 17.7 Å². The molecule has 1 unspecified atom stereocenters. The lowest BCUT2D eigenvalue weighted by Gasteiger charge is -2.10. The summed E-state index contributed by atoms with van der Waals surface area (Å²) >= 11 is 5.68. The van der Waals surface area contributed by atoms with Gasteiger partial charge in [-0.3, -0.25) is 4.98 Å². The highest BCUT2D eigenvalue weighted by molar-refractivity contribution is 6.30. The molecule has 2 aromatic rings. The minimum Gasteiger partial charge on any atom is -0.386 e. The molecule has 94 valence electrons. The molecule has 1 aromatic heterocycles. The van der Waals surface area contributed by atoms with E-state index in [1.165, 1.54) is 12.3 Å². The minimum atomic E-state index is -0.927. The Balaban J connectivity index is 2.13. The van der Waals surface area contributed by atoms with Gasteiger partial charge in [0.25, 0.3) is 0 Å². The third-order valence-corrected chi connectivity index (χ3v) is 2.73. The molecule has 0 aliphatic carbocycles. The molecule has 1 heterocycles. The molecule has 5 heteroatoms. The molecule has 0 radical (unpaired) electrons. The Morgan fingerprint density at radius 3 is 2.56 bits per heavy atom. The van der Waals surface area contributed by atoms with Gasteiger partial charge in [0.2, 0.25) is 0 Å². The Labute approximate surface area is 108 Å². The maximum atomic E-state index is 13.0. The number of aliphatic hydroxyl groups excluding tert-OH is 1. The van der Waals surface area contributed by atoms with Crippen molar-refractivity contribution in [3.05, 3.63) is 64.4 Å². The van der Waals surface area contributed by atoms with Gasteiger partial charge in [-0.15, -0.1) is 0 Å². The average molecular weight is 270 g/mol. The molecular formula is C13H10ClF2NO. The van der Waals surface area contributed by atoms with E-state index in [1.807, 2.05) is 0 Å². The van der Waals surface area contributed by atoms with Crippen LogP contribution in [0.3, 0.4) is 0 Å². The molecule has 0 bridgehead atoms. The van der Waals surface area contributed by atoms with Crippen LogP contribution in [0.15, 0.2) is 36.5 Å². The van der Waals surface area contributed by atoms with Crippen LogP contribution in [-0.4, -0.2) is 10.1 Å². The molecular weight excluding hydrogens is 260 g/mol. The van der Waals surface area contributed by atoms with E-state index in [1.54, 1.807) is 12.1 Å². The van der Waals surface area contributed by atoms with Crippen molar-refractivity contribution < 1.29 is 13.9 Å². The first-order valence-electron chi connectivity index (χ1n) is 5.29. The molecule has 0 spiro atoms. The maximum absolute atomic E-state index is 13.0. The summed E-state index contributed by atoms with van der Waals surface area (Å²) in [5.41, 5.74) is 0.933. The topological polar surface area (TPSA) is 33.1 Å². The van der Waals surface area contributed by atoms with E-state index in [0.29, 0.717) is 16.3 Å². The number of hydrogen-bond acceptors (Lipinski definition) is 2. The smallest absolute Gasteiger partial charge is 0.159 e.